The maximum Gasteiger partial charge on any atom is 0.435 e. The molecule has 0 fully saturated rings. The van der Waals surface area contributed by atoms with Crippen LogP contribution < -0.4 is 5.32 Å². The first-order chi connectivity index (χ1) is 11.5. The summed E-state index contributed by atoms with van der Waals surface area (Å²) in [7, 11) is 0. The molecule has 2 aromatic rings. The first kappa shape index (κ1) is 18.3. The number of nitrogens with one attached hydrogen (secondary N) is 1. The molecule has 0 aliphatic heterocycles. The summed E-state index contributed by atoms with van der Waals surface area (Å²) in [5.41, 5.74) is -2.64. The number of ether oxygens (including phenoxy) is 1. The molecule has 0 aliphatic rings. The number of amides is 1. The molecule has 1 amide bonds. The predicted octanol–water partition coefficient (Wildman–Crippen LogP) is 3.50. The molecule has 132 valence electrons. The van der Waals surface area contributed by atoms with E-state index in [0.717, 1.165) is 12.4 Å². The fourth-order valence-electron chi connectivity index (χ4n) is 1.93. The Morgan fingerprint density at radius 3 is 2.52 bits per heavy atom. The predicted molar refractivity (Wildman–Crippen MR) is 80.9 cm³/mol. The molecule has 0 bridgehead atoms. The van der Waals surface area contributed by atoms with Crippen molar-refractivity contribution in [3.8, 4) is 11.8 Å². The number of aromatic nitrogens is 3. The highest BCUT2D eigenvalue weighted by atomic mass is 19.4. The average molecular weight is 353 g/mol. The van der Waals surface area contributed by atoms with Gasteiger partial charge in [-0.15, -0.1) is 0 Å². The molecule has 0 aromatic carbocycles. The zero-order valence-corrected chi connectivity index (χ0v) is 13.5. The molecule has 1 N–H and O–H groups in total. The largest absolute Gasteiger partial charge is 0.444 e. The minimum Gasteiger partial charge on any atom is -0.444 e. The van der Waals surface area contributed by atoms with E-state index in [1.807, 2.05) is 5.32 Å². The van der Waals surface area contributed by atoms with Crippen LogP contribution in [0, 0.1) is 11.3 Å². The molecule has 0 aliphatic carbocycles. The van der Waals surface area contributed by atoms with Gasteiger partial charge in [-0.3, -0.25) is 10.3 Å². The summed E-state index contributed by atoms with van der Waals surface area (Å²) in [6, 6.07) is 2.99. The summed E-state index contributed by atoms with van der Waals surface area (Å²) in [6.45, 7) is 4.75. The van der Waals surface area contributed by atoms with Gasteiger partial charge in [0.15, 0.2) is 5.69 Å². The zero-order chi connectivity index (χ0) is 18.8. The highest BCUT2D eigenvalue weighted by molar-refractivity contribution is 5.85. The Morgan fingerprint density at radius 2 is 1.96 bits per heavy atom. The number of pyridine rings is 1. The van der Waals surface area contributed by atoms with Crippen molar-refractivity contribution in [1.29, 1.82) is 5.26 Å². The minimum absolute atomic E-state index is 0.0661. The Labute approximate surface area is 141 Å². The molecule has 25 heavy (non-hydrogen) atoms. The number of anilines is 1. The Bertz CT molecular complexity index is 831. The topological polar surface area (TPSA) is 92.8 Å². The summed E-state index contributed by atoms with van der Waals surface area (Å²) in [4.78, 5) is 15.5. The van der Waals surface area contributed by atoms with Crippen LogP contribution in [-0.4, -0.2) is 26.5 Å². The first-order valence-electron chi connectivity index (χ1n) is 7.02. The fraction of sp³-hybridized carbons (Fsp3) is 0.333. The van der Waals surface area contributed by atoms with Gasteiger partial charge in [0.25, 0.3) is 0 Å². The molecule has 0 radical (unpaired) electrons. The lowest BCUT2D eigenvalue weighted by Crippen LogP contribution is -2.28. The quantitative estimate of drug-likeness (QED) is 0.892. The summed E-state index contributed by atoms with van der Waals surface area (Å²) in [5, 5.41) is 14.6. The highest BCUT2D eigenvalue weighted by Crippen LogP contribution is 2.36. The van der Waals surface area contributed by atoms with Crippen molar-refractivity contribution < 1.29 is 22.7 Å². The van der Waals surface area contributed by atoms with Gasteiger partial charge in [0.2, 0.25) is 0 Å². The van der Waals surface area contributed by atoms with Gasteiger partial charge >= 0.3 is 12.3 Å². The molecule has 7 nitrogen and oxygen atoms in total. The summed E-state index contributed by atoms with van der Waals surface area (Å²) in [5.74, 6) is 0. The van der Waals surface area contributed by atoms with Gasteiger partial charge in [0.05, 0.1) is 29.3 Å². The molecule has 0 unspecified atom stereocenters. The Hall–Kier alpha value is -3.09. The van der Waals surface area contributed by atoms with Crippen molar-refractivity contribution in [3.63, 3.8) is 0 Å². The van der Waals surface area contributed by atoms with Gasteiger partial charge < -0.3 is 4.74 Å². The molecule has 2 rings (SSSR count). The van der Waals surface area contributed by atoms with Gasteiger partial charge in [0, 0.05) is 6.20 Å². The normalized spacial score (nSPS) is 11.7. The molecule has 2 aromatic heterocycles. The van der Waals surface area contributed by atoms with E-state index in [1.54, 1.807) is 26.8 Å². The molecule has 0 saturated heterocycles. The third-order valence-corrected chi connectivity index (χ3v) is 2.77. The van der Waals surface area contributed by atoms with Crippen molar-refractivity contribution in [3.05, 3.63) is 35.9 Å². The van der Waals surface area contributed by atoms with Crippen molar-refractivity contribution >= 4 is 11.8 Å². The van der Waals surface area contributed by atoms with Crippen molar-refractivity contribution in [2.75, 3.05) is 5.32 Å². The number of halogens is 3. The second kappa shape index (κ2) is 6.43. The maximum atomic E-state index is 13.5. The summed E-state index contributed by atoms with van der Waals surface area (Å²) < 4.78 is 45.9. The smallest absolute Gasteiger partial charge is 0.435 e. The summed E-state index contributed by atoms with van der Waals surface area (Å²) >= 11 is 0. The van der Waals surface area contributed by atoms with E-state index in [-0.39, 0.29) is 11.3 Å². The van der Waals surface area contributed by atoms with E-state index >= 15 is 0 Å². The first-order valence-corrected chi connectivity index (χ1v) is 7.02. The summed E-state index contributed by atoms with van der Waals surface area (Å²) in [6.07, 6.45) is -2.67. The number of alkyl halides is 3. The van der Waals surface area contributed by atoms with Gasteiger partial charge in [0.1, 0.15) is 11.7 Å². The molecular formula is C15H14F3N5O2. The lowest BCUT2D eigenvalue weighted by atomic mass is 10.2. The van der Waals surface area contributed by atoms with Crippen LogP contribution in [0.2, 0.25) is 0 Å². The Kier molecular flexibility index (Phi) is 4.69. The van der Waals surface area contributed by atoms with E-state index in [1.165, 1.54) is 12.3 Å². The van der Waals surface area contributed by atoms with E-state index in [4.69, 9.17) is 10.00 Å². The van der Waals surface area contributed by atoms with Crippen LogP contribution >= 0.6 is 0 Å². The van der Waals surface area contributed by atoms with Crippen molar-refractivity contribution in [2.24, 2.45) is 0 Å². The number of rotatable bonds is 2. The number of nitrogens with zero attached hydrogens (tertiary/aromatic N) is 4. The van der Waals surface area contributed by atoms with Crippen molar-refractivity contribution in [2.45, 2.75) is 32.5 Å². The van der Waals surface area contributed by atoms with E-state index in [9.17, 15) is 18.0 Å². The average Bonchev–Trinajstić information content (AvgIpc) is 2.89. The van der Waals surface area contributed by atoms with Crippen LogP contribution in [0.25, 0.3) is 5.69 Å². The maximum absolute atomic E-state index is 13.5. The third kappa shape index (κ3) is 4.47. The van der Waals surface area contributed by atoms with Crippen LogP contribution in [-0.2, 0) is 10.9 Å². The van der Waals surface area contributed by atoms with Gasteiger partial charge in [-0.2, -0.15) is 23.5 Å². The second-order valence-electron chi connectivity index (χ2n) is 5.99. The standard InChI is InChI=1S/C15H14F3N5O2/c1-14(2,3)25-13(24)22-11-8-21-23(12(11)15(16,17)18)10-4-9(5-19)6-20-7-10/h4,6-8H,1-3H3,(H,22,24). The van der Waals surface area contributed by atoms with Crippen LogP contribution in [0.1, 0.15) is 32.0 Å². The van der Waals surface area contributed by atoms with Gasteiger partial charge in [-0.05, 0) is 26.8 Å². The van der Waals surface area contributed by atoms with E-state index < -0.39 is 29.3 Å². The van der Waals surface area contributed by atoms with Crippen LogP contribution in [0.4, 0.5) is 23.7 Å². The number of hydrogen-bond acceptors (Lipinski definition) is 5. The van der Waals surface area contributed by atoms with E-state index in [2.05, 4.69) is 10.1 Å². The molecule has 0 atom stereocenters. The Balaban J connectivity index is 2.45. The van der Waals surface area contributed by atoms with E-state index in [0.29, 0.717) is 4.68 Å². The number of carbonyl (C=O) groups is 1. The van der Waals surface area contributed by atoms with Crippen LogP contribution in [0.15, 0.2) is 24.7 Å². The minimum atomic E-state index is -4.82. The molecular weight excluding hydrogens is 339 g/mol. The van der Waals surface area contributed by atoms with Gasteiger partial charge in [-0.25, -0.2) is 9.48 Å². The molecule has 10 heteroatoms. The number of hydrogen-bond donors (Lipinski definition) is 1. The monoisotopic (exact) mass is 353 g/mol. The molecule has 0 spiro atoms. The molecule has 2 heterocycles. The molecule has 0 saturated carbocycles. The zero-order valence-electron chi connectivity index (χ0n) is 13.5. The lowest BCUT2D eigenvalue weighted by molar-refractivity contribution is -0.142. The third-order valence-electron chi connectivity index (χ3n) is 2.77. The lowest BCUT2D eigenvalue weighted by Gasteiger charge is -2.20. The van der Waals surface area contributed by atoms with Crippen LogP contribution in [0.3, 0.4) is 0 Å². The highest BCUT2D eigenvalue weighted by Gasteiger charge is 2.39. The SMILES string of the molecule is CC(C)(C)OC(=O)Nc1cnn(-c2cncc(C#N)c2)c1C(F)(F)F. The van der Waals surface area contributed by atoms with Gasteiger partial charge in [-0.1, -0.05) is 0 Å². The number of carbonyl (C=O) groups excluding carboxylic acids is 1. The van der Waals surface area contributed by atoms with Crippen LogP contribution in [0.5, 0.6) is 0 Å². The van der Waals surface area contributed by atoms with Crippen molar-refractivity contribution in [1.82, 2.24) is 14.8 Å². The number of nitriles is 1. The fourth-order valence-corrected chi connectivity index (χ4v) is 1.93. The Morgan fingerprint density at radius 1 is 1.28 bits per heavy atom. The second-order valence-corrected chi connectivity index (χ2v) is 5.99.